The second-order valence-electron chi connectivity index (χ2n) is 5.82. The molecule has 0 spiro atoms. The Balaban J connectivity index is 2.20. The highest BCUT2D eigenvalue weighted by Crippen LogP contribution is 2.39. The molecule has 5 nitrogen and oxygen atoms in total. The first-order chi connectivity index (χ1) is 13.0. The maximum atomic E-state index is 13.7. The SMILES string of the molecule is COC(=O)C1=CN(c2ccc(F)cc2)C(N)=C(C#N)C1c1cccc(F)c1. The monoisotopic (exact) mass is 367 g/mol. The summed E-state index contributed by atoms with van der Waals surface area (Å²) in [6, 6.07) is 13.0. The molecule has 0 saturated carbocycles. The molecule has 2 aromatic rings. The molecule has 0 aromatic heterocycles. The number of anilines is 1. The summed E-state index contributed by atoms with van der Waals surface area (Å²) in [5.41, 5.74) is 7.20. The highest BCUT2D eigenvalue weighted by atomic mass is 19.1. The molecule has 0 radical (unpaired) electrons. The Labute approximate surface area is 154 Å². The zero-order valence-electron chi connectivity index (χ0n) is 14.3. The van der Waals surface area contributed by atoms with Crippen LogP contribution in [0.4, 0.5) is 14.5 Å². The molecule has 136 valence electrons. The minimum Gasteiger partial charge on any atom is -0.466 e. The maximum absolute atomic E-state index is 13.7. The van der Waals surface area contributed by atoms with Crippen LogP contribution in [0.15, 0.2) is 71.7 Å². The van der Waals surface area contributed by atoms with E-state index in [0.29, 0.717) is 11.3 Å². The molecule has 0 bridgehead atoms. The Hall–Kier alpha value is -3.66. The lowest BCUT2D eigenvalue weighted by atomic mass is 9.83. The van der Waals surface area contributed by atoms with Crippen LogP contribution in [-0.4, -0.2) is 13.1 Å². The predicted octanol–water partition coefficient (Wildman–Crippen LogP) is 3.32. The molecule has 1 aliphatic rings. The van der Waals surface area contributed by atoms with Crippen molar-refractivity contribution in [3.05, 3.63) is 88.9 Å². The number of nitriles is 1. The fourth-order valence-electron chi connectivity index (χ4n) is 2.97. The van der Waals surface area contributed by atoms with E-state index >= 15 is 0 Å². The summed E-state index contributed by atoms with van der Waals surface area (Å²) in [5.74, 6) is -2.44. The summed E-state index contributed by atoms with van der Waals surface area (Å²) in [6.45, 7) is 0. The molecule has 2 N–H and O–H groups in total. The van der Waals surface area contributed by atoms with Gasteiger partial charge in [-0.3, -0.25) is 0 Å². The standard InChI is InChI=1S/C20H15F2N3O2/c1-27-20(26)17-11-25(15-7-5-13(21)6-8-15)19(24)16(10-23)18(17)12-3-2-4-14(22)9-12/h2-9,11,18H,24H2,1H3. The van der Waals surface area contributed by atoms with Gasteiger partial charge < -0.3 is 15.4 Å². The first-order valence-electron chi connectivity index (χ1n) is 7.96. The van der Waals surface area contributed by atoms with Gasteiger partial charge in [-0.05, 0) is 42.0 Å². The van der Waals surface area contributed by atoms with E-state index in [-0.39, 0.29) is 17.0 Å². The van der Waals surface area contributed by atoms with E-state index in [1.165, 1.54) is 60.7 Å². The van der Waals surface area contributed by atoms with Crippen LogP contribution in [0.5, 0.6) is 0 Å². The number of methoxy groups -OCH3 is 1. The minimum absolute atomic E-state index is 0.0611. The molecule has 1 atom stereocenters. The van der Waals surface area contributed by atoms with Gasteiger partial charge in [0.2, 0.25) is 0 Å². The summed E-state index contributed by atoms with van der Waals surface area (Å²) in [5, 5.41) is 9.70. The number of carbonyl (C=O) groups is 1. The van der Waals surface area contributed by atoms with Crippen LogP contribution < -0.4 is 10.6 Å². The topological polar surface area (TPSA) is 79.3 Å². The molecule has 1 unspecified atom stereocenters. The molecule has 0 amide bonds. The fraction of sp³-hybridized carbons (Fsp3) is 0.100. The number of esters is 1. The zero-order chi connectivity index (χ0) is 19.6. The lowest BCUT2D eigenvalue weighted by Gasteiger charge is -2.32. The largest absolute Gasteiger partial charge is 0.466 e. The lowest BCUT2D eigenvalue weighted by Crippen LogP contribution is -2.33. The van der Waals surface area contributed by atoms with Gasteiger partial charge in [0.15, 0.2) is 0 Å². The van der Waals surface area contributed by atoms with Gasteiger partial charge in [0, 0.05) is 11.9 Å². The Bertz CT molecular complexity index is 991. The number of carbonyl (C=O) groups excluding carboxylic acids is 1. The van der Waals surface area contributed by atoms with Crippen molar-refractivity contribution in [1.29, 1.82) is 5.26 Å². The number of ether oxygens (including phenoxy) is 1. The third kappa shape index (κ3) is 3.37. The van der Waals surface area contributed by atoms with Crippen molar-refractivity contribution in [3.63, 3.8) is 0 Å². The van der Waals surface area contributed by atoms with Gasteiger partial charge >= 0.3 is 5.97 Å². The van der Waals surface area contributed by atoms with Crippen LogP contribution in [0.2, 0.25) is 0 Å². The Kier molecular flexibility index (Phi) is 4.90. The van der Waals surface area contributed by atoms with E-state index in [1.54, 1.807) is 6.07 Å². The summed E-state index contributed by atoms with van der Waals surface area (Å²) in [4.78, 5) is 13.8. The van der Waals surface area contributed by atoms with Crippen molar-refractivity contribution in [2.45, 2.75) is 5.92 Å². The van der Waals surface area contributed by atoms with Crippen molar-refractivity contribution in [2.75, 3.05) is 12.0 Å². The number of halogens is 2. The predicted molar refractivity (Wildman–Crippen MR) is 94.9 cm³/mol. The van der Waals surface area contributed by atoms with Crippen molar-refractivity contribution >= 4 is 11.7 Å². The highest BCUT2D eigenvalue weighted by molar-refractivity contribution is 5.93. The molecular formula is C20H15F2N3O2. The van der Waals surface area contributed by atoms with Crippen LogP contribution in [0.1, 0.15) is 11.5 Å². The van der Waals surface area contributed by atoms with Gasteiger partial charge in [0.05, 0.1) is 30.2 Å². The van der Waals surface area contributed by atoms with Crippen LogP contribution in [0.25, 0.3) is 0 Å². The second kappa shape index (κ2) is 7.30. The van der Waals surface area contributed by atoms with Crippen molar-refractivity contribution in [2.24, 2.45) is 5.73 Å². The second-order valence-corrected chi connectivity index (χ2v) is 5.82. The van der Waals surface area contributed by atoms with Crippen LogP contribution in [0.3, 0.4) is 0 Å². The van der Waals surface area contributed by atoms with Gasteiger partial charge in [0.1, 0.15) is 17.5 Å². The van der Waals surface area contributed by atoms with Crippen LogP contribution in [0, 0.1) is 23.0 Å². The number of hydrogen-bond donors (Lipinski definition) is 1. The van der Waals surface area contributed by atoms with Gasteiger partial charge in [-0.2, -0.15) is 5.26 Å². The zero-order valence-corrected chi connectivity index (χ0v) is 14.3. The average molecular weight is 367 g/mol. The van der Waals surface area contributed by atoms with Gasteiger partial charge in [0.25, 0.3) is 0 Å². The van der Waals surface area contributed by atoms with E-state index in [1.807, 2.05) is 6.07 Å². The molecule has 0 saturated heterocycles. The maximum Gasteiger partial charge on any atom is 0.336 e. The Morgan fingerprint density at radius 2 is 1.89 bits per heavy atom. The first-order valence-corrected chi connectivity index (χ1v) is 7.96. The summed E-state index contributed by atoms with van der Waals surface area (Å²) < 4.78 is 31.8. The molecule has 2 aromatic carbocycles. The summed E-state index contributed by atoms with van der Waals surface area (Å²) >= 11 is 0. The summed E-state index contributed by atoms with van der Waals surface area (Å²) in [7, 11) is 1.21. The Morgan fingerprint density at radius 3 is 2.48 bits per heavy atom. The van der Waals surface area contributed by atoms with Crippen molar-refractivity contribution in [1.82, 2.24) is 0 Å². The summed E-state index contributed by atoms with van der Waals surface area (Å²) in [6.07, 6.45) is 1.42. The van der Waals surface area contributed by atoms with Crippen LogP contribution >= 0.6 is 0 Å². The molecule has 1 heterocycles. The van der Waals surface area contributed by atoms with Crippen molar-refractivity contribution in [3.8, 4) is 6.07 Å². The number of rotatable bonds is 3. The molecule has 7 heteroatoms. The van der Waals surface area contributed by atoms with Gasteiger partial charge in [-0.25, -0.2) is 13.6 Å². The minimum atomic E-state index is -0.880. The van der Waals surface area contributed by atoms with Crippen LogP contribution in [-0.2, 0) is 9.53 Å². The highest BCUT2D eigenvalue weighted by Gasteiger charge is 2.35. The number of benzene rings is 2. The number of nitrogens with two attached hydrogens (primary N) is 1. The lowest BCUT2D eigenvalue weighted by molar-refractivity contribution is -0.136. The molecule has 1 aliphatic heterocycles. The average Bonchev–Trinajstić information content (AvgIpc) is 2.67. The molecule has 0 aliphatic carbocycles. The van der Waals surface area contributed by atoms with E-state index in [4.69, 9.17) is 10.5 Å². The Morgan fingerprint density at radius 1 is 1.19 bits per heavy atom. The molecular weight excluding hydrogens is 352 g/mol. The first kappa shape index (κ1) is 18.1. The fourth-order valence-corrected chi connectivity index (χ4v) is 2.97. The third-order valence-corrected chi connectivity index (χ3v) is 4.23. The van der Waals surface area contributed by atoms with E-state index in [2.05, 4.69) is 0 Å². The molecule has 27 heavy (non-hydrogen) atoms. The number of nitrogens with zero attached hydrogens (tertiary/aromatic N) is 2. The smallest absolute Gasteiger partial charge is 0.336 e. The van der Waals surface area contributed by atoms with E-state index in [0.717, 1.165) is 0 Å². The molecule has 3 rings (SSSR count). The van der Waals surface area contributed by atoms with Crippen molar-refractivity contribution < 1.29 is 18.3 Å². The molecule has 0 fully saturated rings. The van der Waals surface area contributed by atoms with Gasteiger partial charge in [-0.1, -0.05) is 12.1 Å². The van der Waals surface area contributed by atoms with E-state index in [9.17, 15) is 18.8 Å². The quantitative estimate of drug-likeness (QED) is 0.842. The number of hydrogen-bond acceptors (Lipinski definition) is 5. The van der Waals surface area contributed by atoms with E-state index < -0.39 is 23.5 Å². The normalized spacial score (nSPS) is 16.6. The number of allylic oxidation sites excluding steroid dienone is 1. The third-order valence-electron chi connectivity index (χ3n) is 4.23. The van der Waals surface area contributed by atoms with Gasteiger partial charge in [-0.15, -0.1) is 0 Å².